The zero-order valence-electron chi connectivity index (χ0n) is 19.7. The molecule has 0 radical (unpaired) electrons. The Bertz CT molecular complexity index is 1100. The third kappa shape index (κ3) is 4.38. The number of nitrogens with zero attached hydrogens (tertiary/aromatic N) is 1. The second-order valence-corrected chi connectivity index (χ2v) is 9.69. The summed E-state index contributed by atoms with van der Waals surface area (Å²) in [6.45, 7) is 1.03. The predicted molar refractivity (Wildman–Crippen MR) is 128 cm³/mol. The van der Waals surface area contributed by atoms with Crippen molar-refractivity contribution in [3.8, 4) is 11.1 Å². The maximum atomic E-state index is 12.8. The summed E-state index contributed by atoms with van der Waals surface area (Å²) >= 11 is 0. The van der Waals surface area contributed by atoms with Gasteiger partial charge in [0, 0.05) is 38.0 Å². The van der Waals surface area contributed by atoms with Crippen LogP contribution in [-0.4, -0.2) is 66.4 Å². The van der Waals surface area contributed by atoms with Crippen molar-refractivity contribution in [2.75, 3.05) is 26.9 Å². The summed E-state index contributed by atoms with van der Waals surface area (Å²) in [7, 11) is 1.54. The zero-order valence-corrected chi connectivity index (χ0v) is 19.7. The molecule has 2 amide bonds. The molecule has 0 spiro atoms. The largest absolute Gasteiger partial charge is 0.479 e. The van der Waals surface area contributed by atoms with Crippen molar-refractivity contribution in [2.24, 2.45) is 5.92 Å². The van der Waals surface area contributed by atoms with E-state index in [4.69, 9.17) is 9.47 Å². The Morgan fingerprint density at radius 2 is 1.71 bits per heavy atom. The number of amides is 2. The Hall–Kier alpha value is -3.39. The molecule has 1 saturated heterocycles. The summed E-state index contributed by atoms with van der Waals surface area (Å²) in [6, 6.07) is 16.0. The number of nitrogens with one attached hydrogen (secondary N) is 1. The molecule has 1 saturated carbocycles. The summed E-state index contributed by atoms with van der Waals surface area (Å²) in [4.78, 5) is 38.5. The third-order valence-corrected chi connectivity index (χ3v) is 7.70. The molecule has 3 aliphatic rings. The van der Waals surface area contributed by atoms with E-state index >= 15 is 0 Å². The lowest BCUT2D eigenvalue weighted by molar-refractivity contribution is -0.151. The van der Waals surface area contributed by atoms with Gasteiger partial charge in [0.25, 0.3) is 0 Å². The van der Waals surface area contributed by atoms with Gasteiger partial charge in [-0.3, -0.25) is 4.79 Å². The van der Waals surface area contributed by atoms with Crippen LogP contribution in [-0.2, 0) is 19.1 Å². The molecule has 35 heavy (non-hydrogen) atoms. The van der Waals surface area contributed by atoms with Crippen LogP contribution in [0.1, 0.15) is 42.7 Å². The van der Waals surface area contributed by atoms with Crippen LogP contribution in [0.2, 0.25) is 0 Å². The Morgan fingerprint density at radius 3 is 2.31 bits per heavy atom. The molecule has 8 heteroatoms. The highest BCUT2D eigenvalue weighted by molar-refractivity contribution is 5.89. The number of ether oxygens (including phenoxy) is 2. The molecule has 0 bridgehead atoms. The number of carbonyl (C=O) groups excluding carboxylic acids is 2. The lowest BCUT2D eigenvalue weighted by Crippen LogP contribution is -2.50. The fourth-order valence-electron chi connectivity index (χ4n) is 5.39. The van der Waals surface area contributed by atoms with E-state index in [1.165, 1.54) is 16.0 Å². The number of hydrogen-bond donors (Lipinski definition) is 2. The van der Waals surface area contributed by atoms with Crippen molar-refractivity contribution >= 4 is 18.0 Å². The third-order valence-electron chi connectivity index (χ3n) is 7.70. The van der Waals surface area contributed by atoms with Crippen LogP contribution in [0.25, 0.3) is 11.1 Å². The summed E-state index contributed by atoms with van der Waals surface area (Å²) < 4.78 is 11.2. The molecule has 2 atom stereocenters. The second-order valence-electron chi connectivity index (χ2n) is 9.69. The van der Waals surface area contributed by atoms with Crippen LogP contribution in [0.15, 0.2) is 48.5 Å². The first-order valence-corrected chi connectivity index (χ1v) is 12.1. The number of hydrogen-bond acceptors (Lipinski definition) is 5. The van der Waals surface area contributed by atoms with E-state index in [-0.39, 0.29) is 36.8 Å². The van der Waals surface area contributed by atoms with Gasteiger partial charge < -0.3 is 24.8 Å². The molecule has 8 nitrogen and oxygen atoms in total. The molecule has 184 valence electrons. The average molecular weight is 479 g/mol. The van der Waals surface area contributed by atoms with Gasteiger partial charge in [0.1, 0.15) is 12.1 Å². The van der Waals surface area contributed by atoms with Crippen LogP contribution in [0, 0.1) is 5.92 Å². The van der Waals surface area contributed by atoms with Crippen LogP contribution in [0.5, 0.6) is 0 Å². The second kappa shape index (κ2) is 9.34. The number of aliphatic carboxylic acids is 1. The van der Waals surface area contributed by atoms with Gasteiger partial charge in [0.2, 0.25) is 5.91 Å². The Labute approximate surface area is 204 Å². The van der Waals surface area contributed by atoms with Gasteiger partial charge in [-0.15, -0.1) is 0 Å². The van der Waals surface area contributed by atoms with Crippen LogP contribution >= 0.6 is 0 Å². The van der Waals surface area contributed by atoms with Crippen LogP contribution < -0.4 is 5.32 Å². The molecule has 1 heterocycles. The molecule has 2 aromatic carbocycles. The number of carboxylic acid groups (broad SMARTS) is 1. The van der Waals surface area contributed by atoms with Gasteiger partial charge in [-0.2, -0.15) is 0 Å². The maximum Gasteiger partial charge on any atom is 0.407 e. The molecule has 2 fully saturated rings. The highest BCUT2D eigenvalue weighted by Crippen LogP contribution is 2.44. The molecule has 2 N–H and O–H groups in total. The molecule has 5 rings (SSSR count). The van der Waals surface area contributed by atoms with Gasteiger partial charge in [-0.05, 0) is 41.5 Å². The number of alkyl carbamates (subject to hydrolysis) is 1. The van der Waals surface area contributed by atoms with Crippen molar-refractivity contribution in [1.29, 1.82) is 0 Å². The number of carbonyl (C=O) groups is 3. The fourth-order valence-corrected chi connectivity index (χ4v) is 5.39. The van der Waals surface area contributed by atoms with E-state index in [1.807, 2.05) is 24.3 Å². The van der Waals surface area contributed by atoms with E-state index < -0.39 is 17.6 Å². The first kappa shape index (κ1) is 23.4. The molecular formula is C27H30N2O6. The maximum absolute atomic E-state index is 12.8. The molecule has 2 aromatic rings. The zero-order chi connectivity index (χ0) is 24.6. The van der Waals surface area contributed by atoms with E-state index in [1.54, 1.807) is 7.05 Å². The SMILES string of the molecule is CN(C(=O)CC1COCCC1NC(=O)OCC1c2ccccc2-c2ccccc21)C1(C(=O)O)CC1. The van der Waals surface area contributed by atoms with Crippen LogP contribution in [0.4, 0.5) is 4.79 Å². The molecule has 2 aliphatic carbocycles. The molecule has 0 aromatic heterocycles. The number of fused-ring (bicyclic) bond motifs is 3. The first-order valence-electron chi connectivity index (χ1n) is 12.1. The van der Waals surface area contributed by atoms with Crippen molar-refractivity contribution in [1.82, 2.24) is 10.2 Å². The normalized spacial score (nSPS) is 22.0. The standard InChI is InChI=1S/C27H30N2O6/c1-29(27(11-12-27)25(31)32)24(30)14-17-15-34-13-10-23(17)28-26(33)35-16-22-20-8-4-2-6-18(20)19-7-3-5-9-21(19)22/h2-9,17,22-23H,10-16H2,1H3,(H,28,33)(H,31,32). The first-order chi connectivity index (χ1) is 16.9. The highest BCUT2D eigenvalue weighted by atomic mass is 16.5. The summed E-state index contributed by atoms with van der Waals surface area (Å²) in [5.41, 5.74) is 3.54. The monoisotopic (exact) mass is 478 g/mol. The Morgan fingerprint density at radius 1 is 1.09 bits per heavy atom. The van der Waals surface area contributed by atoms with E-state index in [0.29, 0.717) is 32.5 Å². The van der Waals surface area contributed by atoms with Gasteiger partial charge in [0.15, 0.2) is 0 Å². The van der Waals surface area contributed by atoms with Gasteiger partial charge in [-0.1, -0.05) is 48.5 Å². The summed E-state index contributed by atoms with van der Waals surface area (Å²) in [5, 5.41) is 12.4. The van der Waals surface area contributed by atoms with Gasteiger partial charge in [0.05, 0.1) is 6.61 Å². The van der Waals surface area contributed by atoms with Crippen molar-refractivity contribution in [3.05, 3.63) is 59.7 Å². The minimum atomic E-state index is -1.08. The summed E-state index contributed by atoms with van der Waals surface area (Å²) in [6.07, 6.45) is 1.09. The Balaban J connectivity index is 1.20. The average Bonchev–Trinajstić information content (AvgIpc) is 3.62. The van der Waals surface area contributed by atoms with Gasteiger partial charge in [-0.25, -0.2) is 9.59 Å². The minimum Gasteiger partial charge on any atom is -0.479 e. The minimum absolute atomic E-state index is 0.0281. The van der Waals surface area contributed by atoms with E-state index in [9.17, 15) is 19.5 Å². The van der Waals surface area contributed by atoms with Crippen molar-refractivity contribution in [2.45, 2.75) is 43.2 Å². The molecule has 2 unspecified atom stereocenters. The fraction of sp³-hybridized carbons (Fsp3) is 0.444. The predicted octanol–water partition coefficient (Wildman–Crippen LogP) is 3.40. The van der Waals surface area contributed by atoms with Crippen molar-refractivity contribution < 1.29 is 29.0 Å². The lowest BCUT2D eigenvalue weighted by atomic mass is 9.92. The highest BCUT2D eigenvalue weighted by Gasteiger charge is 2.55. The number of likely N-dealkylation sites (N-methyl/N-ethyl adjacent to an activating group) is 1. The topological polar surface area (TPSA) is 105 Å². The number of benzene rings is 2. The quantitative estimate of drug-likeness (QED) is 0.632. The van der Waals surface area contributed by atoms with Crippen molar-refractivity contribution in [3.63, 3.8) is 0 Å². The summed E-state index contributed by atoms with van der Waals surface area (Å²) in [5.74, 6) is -1.50. The smallest absolute Gasteiger partial charge is 0.407 e. The van der Waals surface area contributed by atoms with Crippen LogP contribution in [0.3, 0.4) is 0 Å². The van der Waals surface area contributed by atoms with E-state index in [2.05, 4.69) is 29.6 Å². The number of carboxylic acids is 1. The molecular weight excluding hydrogens is 448 g/mol. The molecule has 1 aliphatic heterocycles. The Kier molecular flexibility index (Phi) is 6.23. The van der Waals surface area contributed by atoms with E-state index in [0.717, 1.165) is 11.1 Å². The van der Waals surface area contributed by atoms with Gasteiger partial charge >= 0.3 is 12.1 Å². The number of rotatable bonds is 7. The lowest BCUT2D eigenvalue weighted by Gasteiger charge is -2.33.